The minimum Gasteiger partial charge on any atom is -0.338 e. The zero-order chi connectivity index (χ0) is 15.0. The molecule has 1 aliphatic rings. The Balaban J connectivity index is 0.00000176. The quantitative estimate of drug-likeness (QED) is 0.905. The predicted octanol–water partition coefficient (Wildman–Crippen LogP) is 3.66. The number of nitrogens with two attached hydrogens (primary N) is 1. The third-order valence-corrected chi connectivity index (χ3v) is 5.36. The van der Waals surface area contributed by atoms with Gasteiger partial charge in [-0.3, -0.25) is 4.79 Å². The Hall–Kier alpha value is -1.17. The van der Waals surface area contributed by atoms with Crippen molar-refractivity contribution in [1.29, 1.82) is 0 Å². The zero-order valence-corrected chi connectivity index (χ0v) is 14.1. The molecule has 1 atom stereocenters. The summed E-state index contributed by atoms with van der Waals surface area (Å²) in [5.41, 5.74) is 5.93. The Morgan fingerprint density at radius 1 is 1.36 bits per heavy atom. The van der Waals surface area contributed by atoms with Crippen LogP contribution in [0.2, 0.25) is 0 Å². The summed E-state index contributed by atoms with van der Waals surface area (Å²) in [5, 5.41) is 0.800. The summed E-state index contributed by atoms with van der Waals surface area (Å²) >= 11 is 1.43. The first-order valence-corrected chi connectivity index (χ1v) is 8.10. The second-order valence-corrected chi connectivity index (χ2v) is 6.87. The van der Waals surface area contributed by atoms with Crippen LogP contribution in [0, 0.1) is 11.7 Å². The molecule has 1 amide bonds. The molecule has 1 aliphatic heterocycles. The summed E-state index contributed by atoms with van der Waals surface area (Å²) in [5.74, 6) is 0.294. The standard InChI is InChI=1S/C16H19FN2OS.ClH/c1-10(18)11-4-6-19(7-5-11)16(20)15-9-12-8-13(17)2-3-14(12)21-15;/h2-3,8-11H,4-7,18H2,1H3;1H. The molecule has 2 N–H and O–H groups in total. The summed E-state index contributed by atoms with van der Waals surface area (Å²) in [4.78, 5) is 15.1. The molecule has 1 unspecified atom stereocenters. The molecule has 1 fully saturated rings. The van der Waals surface area contributed by atoms with E-state index in [1.54, 1.807) is 12.1 Å². The lowest BCUT2D eigenvalue weighted by Crippen LogP contribution is -2.42. The van der Waals surface area contributed by atoms with E-state index in [1.165, 1.54) is 23.5 Å². The molecule has 22 heavy (non-hydrogen) atoms. The van der Waals surface area contributed by atoms with E-state index < -0.39 is 0 Å². The maximum atomic E-state index is 13.2. The minimum absolute atomic E-state index is 0. The molecule has 2 heterocycles. The molecule has 1 aromatic heterocycles. The van der Waals surface area contributed by atoms with E-state index in [4.69, 9.17) is 5.73 Å². The van der Waals surface area contributed by atoms with Gasteiger partial charge < -0.3 is 10.6 Å². The highest BCUT2D eigenvalue weighted by Crippen LogP contribution is 2.28. The fourth-order valence-corrected chi connectivity index (χ4v) is 3.91. The Morgan fingerprint density at radius 3 is 2.68 bits per heavy atom. The normalized spacial score (nSPS) is 17.3. The van der Waals surface area contributed by atoms with Crippen molar-refractivity contribution in [2.24, 2.45) is 11.7 Å². The molecule has 3 nitrogen and oxygen atoms in total. The van der Waals surface area contributed by atoms with Gasteiger partial charge in [0.1, 0.15) is 5.82 Å². The first kappa shape index (κ1) is 17.2. The number of benzene rings is 1. The van der Waals surface area contributed by atoms with E-state index >= 15 is 0 Å². The van der Waals surface area contributed by atoms with Gasteiger partial charge in [0.15, 0.2) is 0 Å². The number of rotatable bonds is 2. The molecular weight excluding hydrogens is 323 g/mol. The van der Waals surface area contributed by atoms with Crippen LogP contribution in [0.25, 0.3) is 10.1 Å². The zero-order valence-electron chi connectivity index (χ0n) is 12.4. The Morgan fingerprint density at radius 2 is 2.05 bits per heavy atom. The highest BCUT2D eigenvalue weighted by molar-refractivity contribution is 7.20. The number of piperidine rings is 1. The number of hydrogen-bond acceptors (Lipinski definition) is 3. The number of fused-ring (bicyclic) bond motifs is 1. The van der Waals surface area contributed by atoms with Gasteiger partial charge in [-0.15, -0.1) is 23.7 Å². The lowest BCUT2D eigenvalue weighted by molar-refractivity contribution is 0.0686. The summed E-state index contributed by atoms with van der Waals surface area (Å²) in [6.45, 7) is 3.55. The number of thiophene rings is 1. The van der Waals surface area contributed by atoms with Crippen molar-refractivity contribution in [2.75, 3.05) is 13.1 Å². The second kappa shape index (κ2) is 6.94. The van der Waals surface area contributed by atoms with Crippen LogP contribution in [0.4, 0.5) is 4.39 Å². The van der Waals surface area contributed by atoms with Crippen molar-refractivity contribution >= 4 is 39.7 Å². The van der Waals surface area contributed by atoms with Gasteiger partial charge in [0.2, 0.25) is 0 Å². The van der Waals surface area contributed by atoms with Crippen molar-refractivity contribution < 1.29 is 9.18 Å². The predicted molar refractivity (Wildman–Crippen MR) is 91.3 cm³/mol. The number of amides is 1. The monoisotopic (exact) mass is 342 g/mol. The molecule has 1 saturated heterocycles. The number of nitrogens with zero attached hydrogens (tertiary/aromatic N) is 1. The first-order valence-electron chi connectivity index (χ1n) is 7.28. The maximum absolute atomic E-state index is 13.2. The molecule has 0 saturated carbocycles. The number of carbonyl (C=O) groups is 1. The average molecular weight is 343 g/mol. The maximum Gasteiger partial charge on any atom is 0.263 e. The third-order valence-electron chi connectivity index (χ3n) is 4.26. The van der Waals surface area contributed by atoms with Gasteiger partial charge in [0.05, 0.1) is 4.88 Å². The second-order valence-electron chi connectivity index (χ2n) is 5.78. The summed E-state index contributed by atoms with van der Waals surface area (Å²) in [7, 11) is 0. The van der Waals surface area contributed by atoms with Crippen LogP contribution in [0.5, 0.6) is 0 Å². The highest BCUT2D eigenvalue weighted by atomic mass is 35.5. The van der Waals surface area contributed by atoms with Crippen LogP contribution in [0.1, 0.15) is 29.4 Å². The molecule has 1 aromatic carbocycles. The van der Waals surface area contributed by atoms with Crippen LogP contribution >= 0.6 is 23.7 Å². The number of carbonyl (C=O) groups excluding carboxylic acids is 1. The summed E-state index contributed by atoms with van der Waals surface area (Å²) in [6, 6.07) is 6.62. The van der Waals surface area contributed by atoms with Gasteiger partial charge in [-0.1, -0.05) is 0 Å². The van der Waals surface area contributed by atoms with Crippen LogP contribution in [0.15, 0.2) is 24.3 Å². The van der Waals surface area contributed by atoms with Crippen LogP contribution in [-0.2, 0) is 0 Å². The molecule has 6 heteroatoms. The van der Waals surface area contributed by atoms with Gasteiger partial charge >= 0.3 is 0 Å². The van der Waals surface area contributed by atoms with Crippen LogP contribution < -0.4 is 5.73 Å². The molecule has 3 rings (SSSR count). The molecule has 0 aliphatic carbocycles. The largest absolute Gasteiger partial charge is 0.338 e. The molecule has 0 bridgehead atoms. The van der Waals surface area contributed by atoms with Crippen molar-refractivity contribution in [3.63, 3.8) is 0 Å². The number of halogens is 2. The van der Waals surface area contributed by atoms with E-state index in [2.05, 4.69) is 0 Å². The van der Waals surface area contributed by atoms with Crippen LogP contribution in [0.3, 0.4) is 0 Å². The van der Waals surface area contributed by atoms with Gasteiger partial charge in [0, 0.05) is 23.8 Å². The molecular formula is C16H20ClFN2OS. The van der Waals surface area contributed by atoms with E-state index in [0.717, 1.165) is 36.0 Å². The molecule has 2 aromatic rings. The topological polar surface area (TPSA) is 46.3 Å². The molecule has 0 radical (unpaired) electrons. The first-order chi connectivity index (χ1) is 10.0. The number of likely N-dealkylation sites (tertiary alicyclic amines) is 1. The van der Waals surface area contributed by atoms with E-state index in [1.807, 2.05) is 11.8 Å². The average Bonchev–Trinajstić information content (AvgIpc) is 2.89. The van der Waals surface area contributed by atoms with Crippen molar-refractivity contribution in [3.8, 4) is 0 Å². The van der Waals surface area contributed by atoms with E-state index in [9.17, 15) is 9.18 Å². The van der Waals surface area contributed by atoms with Gasteiger partial charge in [-0.25, -0.2) is 4.39 Å². The number of hydrogen-bond donors (Lipinski definition) is 1. The lowest BCUT2D eigenvalue weighted by atomic mass is 9.91. The smallest absolute Gasteiger partial charge is 0.263 e. The Bertz CT molecular complexity index is 665. The van der Waals surface area contributed by atoms with Crippen molar-refractivity contribution in [1.82, 2.24) is 4.90 Å². The van der Waals surface area contributed by atoms with E-state index in [-0.39, 0.29) is 30.2 Å². The van der Waals surface area contributed by atoms with Gasteiger partial charge in [-0.2, -0.15) is 0 Å². The summed E-state index contributed by atoms with van der Waals surface area (Å²) < 4.78 is 14.2. The molecule has 0 spiro atoms. The lowest BCUT2D eigenvalue weighted by Gasteiger charge is -2.33. The van der Waals surface area contributed by atoms with Gasteiger partial charge in [0.25, 0.3) is 5.91 Å². The fraction of sp³-hybridized carbons (Fsp3) is 0.438. The molecule has 120 valence electrons. The van der Waals surface area contributed by atoms with Gasteiger partial charge in [-0.05, 0) is 55.3 Å². The minimum atomic E-state index is -0.267. The van der Waals surface area contributed by atoms with Crippen LogP contribution in [-0.4, -0.2) is 29.9 Å². The summed E-state index contributed by atoms with van der Waals surface area (Å²) in [6.07, 6.45) is 1.92. The van der Waals surface area contributed by atoms with Crippen molar-refractivity contribution in [3.05, 3.63) is 35.0 Å². The fourth-order valence-electron chi connectivity index (χ4n) is 2.90. The Labute approximate surface area is 139 Å². The van der Waals surface area contributed by atoms with Crippen molar-refractivity contribution in [2.45, 2.75) is 25.8 Å². The third kappa shape index (κ3) is 3.42. The SMILES string of the molecule is CC(N)C1CCN(C(=O)c2cc3cc(F)ccc3s2)CC1.Cl. The van der Waals surface area contributed by atoms with E-state index in [0.29, 0.717) is 10.8 Å². The highest BCUT2D eigenvalue weighted by Gasteiger charge is 2.26. The Kier molecular flexibility index (Phi) is 5.42.